The Morgan fingerprint density at radius 2 is 1.83 bits per heavy atom. The van der Waals surface area contributed by atoms with Crippen LogP contribution in [0.3, 0.4) is 0 Å². The molecule has 1 aliphatic rings. The van der Waals surface area contributed by atoms with Gasteiger partial charge in [0.15, 0.2) is 0 Å². The van der Waals surface area contributed by atoms with Crippen LogP contribution < -0.4 is 5.32 Å². The summed E-state index contributed by atoms with van der Waals surface area (Å²) in [7, 11) is 0. The van der Waals surface area contributed by atoms with Crippen LogP contribution >= 0.6 is 0 Å². The standard InChI is InChI=1S/C14H28N2O2/c1-11(2)14(4,18)10-15-12(3)13(17)16-8-6-5-7-9-16/h11-12,15,18H,5-10H2,1-4H3. The van der Waals surface area contributed by atoms with Crippen LogP contribution in [0.2, 0.25) is 0 Å². The summed E-state index contributed by atoms with van der Waals surface area (Å²) in [5.41, 5.74) is -0.767. The van der Waals surface area contributed by atoms with Crippen LogP contribution in [0.4, 0.5) is 0 Å². The number of nitrogens with zero attached hydrogens (tertiary/aromatic N) is 1. The summed E-state index contributed by atoms with van der Waals surface area (Å²) < 4.78 is 0. The minimum Gasteiger partial charge on any atom is -0.389 e. The van der Waals surface area contributed by atoms with Gasteiger partial charge >= 0.3 is 0 Å². The van der Waals surface area contributed by atoms with Crippen molar-refractivity contribution in [3.8, 4) is 0 Å². The van der Waals surface area contributed by atoms with Gasteiger partial charge in [-0.1, -0.05) is 13.8 Å². The predicted molar refractivity (Wildman–Crippen MR) is 73.4 cm³/mol. The van der Waals surface area contributed by atoms with Crippen LogP contribution in [0.5, 0.6) is 0 Å². The van der Waals surface area contributed by atoms with E-state index in [4.69, 9.17) is 0 Å². The molecule has 0 aliphatic carbocycles. The summed E-state index contributed by atoms with van der Waals surface area (Å²) in [6, 6.07) is -0.215. The molecule has 0 saturated carbocycles. The van der Waals surface area contributed by atoms with Crippen LogP contribution in [-0.2, 0) is 4.79 Å². The van der Waals surface area contributed by atoms with E-state index in [1.165, 1.54) is 6.42 Å². The highest BCUT2D eigenvalue weighted by atomic mass is 16.3. The fourth-order valence-electron chi connectivity index (χ4n) is 2.04. The molecular formula is C14H28N2O2. The minimum atomic E-state index is -0.767. The van der Waals surface area contributed by atoms with Crippen LogP contribution in [-0.4, -0.2) is 47.2 Å². The van der Waals surface area contributed by atoms with Gasteiger partial charge in [-0.2, -0.15) is 0 Å². The molecule has 2 N–H and O–H groups in total. The summed E-state index contributed by atoms with van der Waals surface area (Å²) in [6.45, 7) is 9.87. The number of likely N-dealkylation sites (tertiary alicyclic amines) is 1. The van der Waals surface area contributed by atoms with Crippen molar-refractivity contribution in [1.82, 2.24) is 10.2 Å². The van der Waals surface area contributed by atoms with Gasteiger partial charge in [-0.25, -0.2) is 0 Å². The van der Waals surface area contributed by atoms with Gasteiger partial charge in [-0.15, -0.1) is 0 Å². The zero-order valence-corrected chi connectivity index (χ0v) is 12.2. The normalized spacial score (nSPS) is 21.8. The van der Waals surface area contributed by atoms with Gasteiger partial charge in [0.05, 0.1) is 11.6 Å². The zero-order valence-electron chi connectivity index (χ0n) is 12.2. The van der Waals surface area contributed by atoms with Crippen LogP contribution in [0.15, 0.2) is 0 Å². The van der Waals surface area contributed by atoms with E-state index < -0.39 is 5.60 Å². The Morgan fingerprint density at radius 1 is 1.28 bits per heavy atom. The van der Waals surface area contributed by atoms with Crippen molar-refractivity contribution in [2.24, 2.45) is 5.92 Å². The number of carbonyl (C=O) groups is 1. The molecule has 106 valence electrons. The van der Waals surface area contributed by atoms with Crippen LogP contribution in [0, 0.1) is 5.92 Å². The lowest BCUT2D eigenvalue weighted by Crippen LogP contribution is -2.51. The third-order valence-corrected chi connectivity index (χ3v) is 4.05. The quantitative estimate of drug-likeness (QED) is 0.781. The second-order valence-corrected chi connectivity index (χ2v) is 6.00. The maximum atomic E-state index is 12.2. The van der Waals surface area contributed by atoms with Crippen molar-refractivity contribution in [3.63, 3.8) is 0 Å². The largest absolute Gasteiger partial charge is 0.389 e. The maximum Gasteiger partial charge on any atom is 0.239 e. The van der Waals surface area contributed by atoms with Crippen molar-refractivity contribution in [3.05, 3.63) is 0 Å². The number of amides is 1. The lowest BCUT2D eigenvalue weighted by Gasteiger charge is -2.32. The number of hydrogen-bond donors (Lipinski definition) is 2. The Kier molecular flexibility index (Phi) is 5.60. The van der Waals surface area contributed by atoms with Gasteiger partial charge < -0.3 is 15.3 Å². The molecule has 18 heavy (non-hydrogen) atoms. The van der Waals surface area contributed by atoms with Gasteiger partial charge in [0, 0.05) is 19.6 Å². The van der Waals surface area contributed by atoms with Crippen LogP contribution in [0.25, 0.3) is 0 Å². The molecule has 0 bridgehead atoms. The van der Waals surface area contributed by atoms with E-state index in [2.05, 4.69) is 5.32 Å². The number of rotatable bonds is 5. The lowest BCUT2D eigenvalue weighted by atomic mass is 9.92. The summed E-state index contributed by atoms with van der Waals surface area (Å²) >= 11 is 0. The highest BCUT2D eigenvalue weighted by molar-refractivity contribution is 5.81. The molecule has 0 radical (unpaired) electrons. The van der Waals surface area contributed by atoms with Gasteiger partial charge in [-0.05, 0) is 39.0 Å². The van der Waals surface area contributed by atoms with E-state index in [-0.39, 0.29) is 17.9 Å². The highest BCUT2D eigenvalue weighted by Crippen LogP contribution is 2.15. The first-order valence-electron chi connectivity index (χ1n) is 7.09. The first-order valence-corrected chi connectivity index (χ1v) is 7.09. The molecule has 1 aliphatic heterocycles. The van der Waals surface area contributed by atoms with Gasteiger partial charge in [0.25, 0.3) is 0 Å². The topological polar surface area (TPSA) is 52.6 Å². The molecule has 4 heteroatoms. The SMILES string of the molecule is CC(NCC(C)(O)C(C)C)C(=O)N1CCCCC1. The second-order valence-electron chi connectivity index (χ2n) is 6.00. The average molecular weight is 256 g/mol. The number of piperidine rings is 1. The molecule has 0 aromatic heterocycles. The molecular weight excluding hydrogens is 228 g/mol. The third kappa shape index (κ3) is 4.25. The molecule has 1 rings (SSSR count). The molecule has 0 aromatic carbocycles. The highest BCUT2D eigenvalue weighted by Gasteiger charge is 2.28. The fourth-order valence-corrected chi connectivity index (χ4v) is 2.04. The van der Waals surface area contributed by atoms with Gasteiger partial charge in [0.2, 0.25) is 5.91 Å². The number of hydrogen-bond acceptors (Lipinski definition) is 3. The second kappa shape index (κ2) is 6.53. The van der Waals surface area contributed by atoms with Crippen molar-refractivity contribution >= 4 is 5.91 Å². The molecule has 0 aromatic rings. The van der Waals surface area contributed by atoms with Gasteiger partial charge in [-0.3, -0.25) is 4.79 Å². The van der Waals surface area contributed by atoms with E-state index in [0.29, 0.717) is 6.54 Å². The van der Waals surface area contributed by atoms with E-state index in [1.54, 1.807) is 0 Å². The minimum absolute atomic E-state index is 0.161. The lowest BCUT2D eigenvalue weighted by molar-refractivity contribution is -0.134. The Morgan fingerprint density at radius 3 is 2.33 bits per heavy atom. The molecule has 1 saturated heterocycles. The molecule has 2 atom stereocenters. The molecule has 1 amide bonds. The number of nitrogens with one attached hydrogen (secondary N) is 1. The van der Waals surface area contributed by atoms with Crippen molar-refractivity contribution in [2.45, 2.75) is 58.6 Å². The van der Waals surface area contributed by atoms with Crippen molar-refractivity contribution in [1.29, 1.82) is 0 Å². The van der Waals surface area contributed by atoms with E-state index in [1.807, 2.05) is 32.6 Å². The summed E-state index contributed by atoms with van der Waals surface area (Å²) in [4.78, 5) is 14.1. The first kappa shape index (κ1) is 15.4. The summed E-state index contributed by atoms with van der Waals surface area (Å²) in [5, 5.41) is 13.3. The fraction of sp³-hybridized carbons (Fsp3) is 0.929. The van der Waals surface area contributed by atoms with E-state index >= 15 is 0 Å². The number of aliphatic hydroxyl groups is 1. The average Bonchev–Trinajstić information content (AvgIpc) is 2.36. The van der Waals surface area contributed by atoms with Gasteiger partial charge in [0.1, 0.15) is 0 Å². The zero-order chi connectivity index (χ0) is 13.8. The Labute approximate surface area is 111 Å². The van der Waals surface area contributed by atoms with Crippen molar-refractivity contribution < 1.29 is 9.90 Å². The predicted octanol–water partition coefficient (Wildman–Crippen LogP) is 1.38. The van der Waals surface area contributed by atoms with E-state index in [0.717, 1.165) is 25.9 Å². The molecule has 1 heterocycles. The Hall–Kier alpha value is -0.610. The summed E-state index contributed by atoms with van der Waals surface area (Å²) in [6.07, 6.45) is 3.46. The molecule has 4 nitrogen and oxygen atoms in total. The van der Waals surface area contributed by atoms with Crippen LogP contribution in [0.1, 0.15) is 47.0 Å². The van der Waals surface area contributed by atoms with Crippen molar-refractivity contribution in [2.75, 3.05) is 19.6 Å². The molecule has 1 fully saturated rings. The third-order valence-electron chi connectivity index (χ3n) is 4.05. The monoisotopic (exact) mass is 256 g/mol. The Bertz CT molecular complexity index is 271. The smallest absolute Gasteiger partial charge is 0.239 e. The maximum absolute atomic E-state index is 12.2. The van der Waals surface area contributed by atoms with E-state index in [9.17, 15) is 9.90 Å². The Balaban J connectivity index is 2.40. The first-order chi connectivity index (χ1) is 8.34. The number of carbonyl (C=O) groups excluding carboxylic acids is 1. The molecule has 0 spiro atoms. The summed E-state index contributed by atoms with van der Waals surface area (Å²) in [5.74, 6) is 0.330. The molecule has 2 unspecified atom stereocenters.